The molecule has 0 unspecified atom stereocenters. The van der Waals surface area contributed by atoms with E-state index < -0.39 is 0 Å². The molecule has 2 rings (SSSR count). The molecule has 1 aliphatic rings. The molecular formula is C16H23ClFN. The molecule has 0 aliphatic heterocycles. The second-order valence-corrected chi connectivity index (χ2v) is 6.32. The van der Waals surface area contributed by atoms with Gasteiger partial charge in [0.1, 0.15) is 5.82 Å². The fraction of sp³-hybridized carbons (Fsp3) is 0.625. The molecule has 0 amide bonds. The monoisotopic (exact) mass is 283 g/mol. The Kier molecular flexibility index (Phi) is 5.23. The van der Waals surface area contributed by atoms with Crippen molar-refractivity contribution in [1.29, 1.82) is 0 Å². The zero-order valence-corrected chi connectivity index (χ0v) is 12.2. The highest BCUT2D eigenvalue weighted by molar-refractivity contribution is 6.30. The van der Waals surface area contributed by atoms with Crippen LogP contribution in [0.1, 0.15) is 50.5 Å². The summed E-state index contributed by atoms with van der Waals surface area (Å²) in [4.78, 5) is 0. The Hall–Kier alpha value is -0.600. The maximum Gasteiger partial charge on any atom is 0.127 e. The van der Waals surface area contributed by atoms with E-state index in [4.69, 9.17) is 17.3 Å². The van der Waals surface area contributed by atoms with Gasteiger partial charge in [0.15, 0.2) is 0 Å². The Bertz CT molecular complexity index is 411. The van der Waals surface area contributed by atoms with Gasteiger partial charge in [0.05, 0.1) is 0 Å². The van der Waals surface area contributed by atoms with Crippen LogP contribution in [0.4, 0.5) is 4.39 Å². The summed E-state index contributed by atoms with van der Waals surface area (Å²) in [7, 11) is 0. The Labute approximate surface area is 120 Å². The van der Waals surface area contributed by atoms with E-state index >= 15 is 0 Å². The Morgan fingerprint density at radius 1 is 1.11 bits per heavy atom. The Morgan fingerprint density at radius 2 is 1.74 bits per heavy atom. The molecule has 1 aromatic rings. The first-order chi connectivity index (χ1) is 9.15. The number of halogens is 2. The van der Waals surface area contributed by atoms with Crippen LogP contribution in [0.2, 0.25) is 5.02 Å². The van der Waals surface area contributed by atoms with Gasteiger partial charge in [0.25, 0.3) is 0 Å². The van der Waals surface area contributed by atoms with Crippen LogP contribution in [0.3, 0.4) is 0 Å². The smallest absolute Gasteiger partial charge is 0.127 e. The van der Waals surface area contributed by atoms with E-state index in [0.717, 1.165) is 24.8 Å². The first-order valence-electron chi connectivity index (χ1n) is 7.29. The zero-order chi connectivity index (χ0) is 13.7. The number of rotatable bonds is 3. The highest BCUT2D eigenvalue weighted by atomic mass is 35.5. The first-order valence-corrected chi connectivity index (χ1v) is 7.67. The second kappa shape index (κ2) is 6.71. The van der Waals surface area contributed by atoms with Crippen molar-refractivity contribution < 1.29 is 4.39 Å². The van der Waals surface area contributed by atoms with E-state index in [-0.39, 0.29) is 11.2 Å². The molecule has 2 N–H and O–H groups in total. The zero-order valence-electron chi connectivity index (χ0n) is 11.4. The molecule has 0 radical (unpaired) electrons. The van der Waals surface area contributed by atoms with E-state index in [2.05, 4.69) is 0 Å². The van der Waals surface area contributed by atoms with Gasteiger partial charge < -0.3 is 5.73 Å². The standard InChI is InChI=1S/C16H23ClFN/c17-14-7-6-13(15(18)10-14)11-16(12-19)8-4-2-1-3-5-9-16/h6-7,10H,1-5,8-9,11-12,19H2. The van der Waals surface area contributed by atoms with Gasteiger partial charge in [-0.25, -0.2) is 4.39 Å². The van der Waals surface area contributed by atoms with Crippen molar-refractivity contribution in [3.8, 4) is 0 Å². The summed E-state index contributed by atoms with van der Waals surface area (Å²) in [6, 6.07) is 4.99. The first kappa shape index (κ1) is 14.8. The number of hydrogen-bond acceptors (Lipinski definition) is 1. The quantitative estimate of drug-likeness (QED) is 0.854. The predicted octanol–water partition coefficient (Wildman–Crippen LogP) is 4.71. The number of benzene rings is 1. The van der Waals surface area contributed by atoms with Crippen molar-refractivity contribution in [3.63, 3.8) is 0 Å². The van der Waals surface area contributed by atoms with Crippen molar-refractivity contribution >= 4 is 11.6 Å². The lowest BCUT2D eigenvalue weighted by molar-refractivity contribution is 0.215. The van der Waals surface area contributed by atoms with E-state index in [1.54, 1.807) is 6.07 Å². The molecule has 1 saturated carbocycles. The van der Waals surface area contributed by atoms with Crippen LogP contribution in [-0.4, -0.2) is 6.54 Å². The fourth-order valence-corrected chi connectivity index (χ4v) is 3.34. The SMILES string of the molecule is NCC1(Cc2ccc(Cl)cc2F)CCCCCCC1. The molecule has 1 aliphatic carbocycles. The van der Waals surface area contributed by atoms with Gasteiger partial charge in [0, 0.05) is 5.02 Å². The van der Waals surface area contributed by atoms with E-state index in [9.17, 15) is 4.39 Å². The molecule has 0 saturated heterocycles. The lowest BCUT2D eigenvalue weighted by Gasteiger charge is -2.34. The fourth-order valence-electron chi connectivity index (χ4n) is 3.18. The highest BCUT2D eigenvalue weighted by Gasteiger charge is 2.30. The van der Waals surface area contributed by atoms with Crippen molar-refractivity contribution in [2.75, 3.05) is 6.54 Å². The average Bonchev–Trinajstić information content (AvgIpc) is 2.36. The van der Waals surface area contributed by atoms with Gasteiger partial charge >= 0.3 is 0 Å². The number of nitrogens with two attached hydrogens (primary N) is 1. The van der Waals surface area contributed by atoms with Gasteiger partial charge in [-0.05, 0) is 48.9 Å². The summed E-state index contributed by atoms with van der Waals surface area (Å²) in [5.41, 5.74) is 6.88. The van der Waals surface area contributed by atoms with Crippen molar-refractivity contribution in [1.82, 2.24) is 0 Å². The van der Waals surface area contributed by atoms with E-state index in [0.29, 0.717) is 11.6 Å². The summed E-state index contributed by atoms with van der Waals surface area (Å²) in [6.45, 7) is 0.648. The third kappa shape index (κ3) is 3.93. The van der Waals surface area contributed by atoms with Crippen LogP contribution >= 0.6 is 11.6 Å². The third-order valence-corrected chi connectivity index (χ3v) is 4.66. The molecule has 1 nitrogen and oxygen atoms in total. The number of hydrogen-bond donors (Lipinski definition) is 1. The second-order valence-electron chi connectivity index (χ2n) is 5.88. The topological polar surface area (TPSA) is 26.0 Å². The summed E-state index contributed by atoms with van der Waals surface area (Å²) in [5.74, 6) is -0.192. The molecule has 0 atom stereocenters. The maximum atomic E-state index is 14.0. The Morgan fingerprint density at radius 3 is 2.32 bits per heavy atom. The van der Waals surface area contributed by atoms with Crippen molar-refractivity contribution in [2.24, 2.45) is 11.1 Å². The van der Waals surface area contributed by atoms with Gasteiger partial charge in [0.2, 0.25) is 0 Å². The highest BCUT2D eigenvalue weighted by Crippen LogP contribution is 2.37. The largest absolute Gasteiger partial charge is 0.330 e. The summed E-state index contributed by atoms with van der Waals surface area (Å²) in [6.07, 6.45) is 9.30. The predicted molar refractivity (Wildman–Crippen MR) is 78.9 cm³/mol. The molecule has 3 heteroatoms. The minimum absolute atomic E-state index is 0.0785. The lowest BCUT2D eigenvalue weighted by atomic mass is 9.72. The van der Waals surface area contributed by atoms with Crippen molar-refractivity contribution in [2.45, 2.75) is 51.4 Å². The minimum Gasteiger partial charge on any atom is -0.330 e. The average molecular weight is 284 g/mol. The summed E-state index contributed by atoms with van der Waals surface area (Å²) >= 11 is 5.81. The van der Waals surface area contributed by atoms with E-state index in [1.807, 2.05) is 6.07 Å². The van der Waals surface area contributed by atoms with Crippen LogP contribution in [0.15, 0.2) is 18.2 Å². The molecule has 0 bridgehead atoms. The Balaban J connectivity index is 2.15. The van der Waals surface area contributed by atoms with Crippen LogP contribution < -0.4 is 5.73 Å². The van der Waals surface area contributed by atoms with E-state index in [1.165, 1.54) is 38.2 Å². The summed E-state index contributed by atoms with van der Waals surface area (Å²) in [5, 5.41) is 0.459. The molecular weight excluding hydrogens is 261 g/mol. The van der Waals surface area contributed by atoms with Crippen LogP contribution in [-0.2, 0) is 6.42 Å². The van der Waals surface area contributed by atoms with Crippen molar-refractivity contribution in [3.05, 3.63) is 34.6 Å². The molecule has 0 heterocycles. The third-order valence-electron chi connectivity index (χ3n) is 4.43. The van der Waals surface area contributed by atoms with Gasteiger partial charge in [-0.15, -0.1) is 0 Å². The molecule has 19 heavy (non-hydrogen) atoms. The van der Waals surface area contributed by atoms with Gasteiger partial charge in [-0.2, -0.15) is 0 Å². The molecule has 1 fully saturated rings. The molecule has 106 valence electrons. The molecule has 0 spiro atoms. The van der Waals surface area contributed by atoms with Crippen LogP contribution in [0.5, 0.6) is 0 Å². The molecule has 0 aromatic heterocycles. The van der Waals surface area contributed by atoms with Crippen LogP contribution in [0.25, 0.3) is 0 Å². The summed E-state index contributed by atoms with van der Waals surface area (Å²) < 4.78 is 14.0. The maximum absolute atomic E-state index is 14.0. The van der Waals surface area contributed by atoms with Gasteiger partial charge in [-0.3, -0.25) is 0 Å². The van der Waals surface area contributed by atoms with Gasteiger partial charge in [-0.1, -0.05) is 49.8 Å². The lowest BCUT2D eigenvalue weighted by Crippen LogP contribution is -2.34. The minimum atomic E-state index is -0.192. The normalized spacial score (nSPS) is 19.7. The molecule has 1 aromatic carbocycles. The van der Waals surface area contributed by atoms with Crippen LogP contribution in [0, 0.1) is 11.2 Å².